The molecule has 3 heteroatoms. The summed E-state index contributed by atoms with van der Waals surface area (Å²) in [4.78, 5) is 0. The summed E-state index contributed by atoms with van der Waals surface area (Å²) in [5.41, 5.74) is 4.35. The molecule has 0 aliphatic carbocycles. The quantitative estimate of drug-likeness (QED) is 0.432. The number of rotatable bonds is 3. The molecule has 0 aliphatic heterocycles. The molecule has 0 aliphatic rings. The van der Waals surface area contributed by atoms with Gasteiger partial charge in [0.1, 0.15) is 0 Å². The highest BCUT2D eigenvalue weighted by molar-refractivity contribution is 6.31. The van der Waals surface area contributed by atoms with Crippen LogP contribution < -0.4 is 0 Å². The maximum Gasteiger partial charge on any atom is 0.0406 e. The van der Waals surface area contributed by atoms with Crippen LogP contribution in [0.3, 0.4) is 0 Å². The fourth-order valence-electron chi connectivity index (χ4n) is 2.32. The fraction of sp³-hybridized carbons (Fsp3) is 0. The van der Waals surface area contributed by atoms with E-state index in [1.165, 1.54) is 0 Å². The Morgan fingerprint density at radius 1 is 0.522 bits per heavy atom. The average molecular weight is 360 g/mol. The van der Waals surface area contributed by atoms with E-state index in [1.807, 2.05) is 72.8 Å². The van der Waals surface area contributed by atoms with Crippen LogP contribution in [0.1, 0.15) is 16.7 Å². The van der Waals surface area contributed by atoms with Crippen LogP contribution in [-0.2, 0) is 0 Å². The Morgan fingerprint density at radius 3 is 1.26 bits per heavy atom. The van der Waals surface area contributed by atoms with Gasteiger partial charge in [-0.3, -0.25) is 0 Å². The third-order valence-corrected chi connectivity index (χ3v) is 4.25. The molecule has 0 amide bonds. The summed E-state index contributed by atoms with van der Waals surface area (Å²) in [5.74, 6) is 0. The fourth-order valence-corrected chi connectivity index (χ4v) is 2.70. The summed E-state index contributed by atoms with van der Waals surface area (Å²) in [6.45, 7) is 0. The molecule has 0 fully saturated rings. The van der Waals surface area contributed by atoms with E-state index in [4.69, 9.17) is 34.8 Å². The first-order valence-electron chi connectivity index (χ1n) is 7.11. The van der Waals surface area contributed by atoms with Crippen molar-refractivity contribution < 1.29 is 0 Å². The van der Waals surface area contributed by atoms with Crippen molar-refractivity contribution in [3.8, 4) is 0 Å². The van der Waals surface area contributed by atoms with Gasteiger partial charge in [0.25, 0.3) is 0 Å². The second-order valence-electron chi connectivity index (χ2n) is 5.12. The van der Waals surface area contributed by atoms with Gasteiger partial charge < -0.3 is 0 Å². The molecule has 0 radical (unpaired) electrons. The zero-order chi connectivity index (χ0) is 16.2. The number of hydrogen-bond acceptors (Lipinski definition) is 0. The van der Waals surface area contributed by atoms with E-state index in [-0.39, 0.29) is 0 Å². The van der Waals surface area contributed by atoms with Gasteiger partial charge in [-0.25, -0.2) is 0 Å². The molecule has 3 aromatic rings. The van der Waals surface area contributed by atoms with E-state index >= 15 is 0 Å². The second kappa shape index (κ2) is 7.23. The average Bonchev–Trinajstić information content (AvgIpc) is 2.56. The molecular weight excluding hydrogens is 347 g/mol. The Morgan fingerprint density at radius 2 is 0.870 bits per heavy atom. The van der Waals surface area contributed by atoms with Crippen molar-refractivity contribution in [2.24, 2.45) is 0 Å². The maximum atomic E-state index is 6.01. The molecule has 0 N–H and O–H groups in total. The second-order valence-corrected chi connectivity index (χ2v) is 6.43. The predicted octanol–water partition coefficient (Wildman–Crippen LogP) is 7.24. The summed E-state index contributed by atoms with van der Waals surface area (Å²) >= 11 is 18.0. The summed E-state index contributed by atoms with van der Waals surface area (Å²) in [6, 6.07) is 23.4. The van der Waals surface area contributed by atoms with E-state index in [2.05, 4.69) is 6.08 Å². The first-order chi connectivity index (χ1) is 11.1. The Balaban J connectivity index is 2.10. The minimum Gasteiger partial charge on any atom is -0.0843 e. The van der Waals surface area contributed by atoms with Crippen molar-refractivity contribution in [3.05, 3.63) is 105 Å². The van der Waals surface area contributed by atoms with Gasteiger partial charge in [0.15, 0.2) is 0 Å². The Kier molecular flexibility index (Phi) is 5.07. The standard InChI is InChI=1S/C20H13Cl3/c21-17-7-1-14(2-8-17)13-20(15-3-9-18(22)10-4-15)16-5-11-19(23)12-6-16/h1-13H. The van der Waals surface area contributed by atoms with Gasteiger partial charge in [-0.15, -0.1) is 0 Å². The highest BCUT2D eigenvalue weighted by Gasteiger charge is 2.06. The van der Waals surface area contributed by atoms with Gasteiger partial charge in [-0.1, -0.05) is 71.2 Å². The zero-order valence-electron chi connectivity index (χ0n) is 12.1. The van der Waals surface area contributed by atoms with Gasteiger partial charge in [0, 0.05) is 15.1 Å². The van der Waals surface area contributed by atoms with Crippen molar-refractivity contribution in [2.75, 3.05) is 0 Å². The molecule has 0 unspecified atom stereocenters. The zero-order valence-corrected chi connectivity index (χ0v) is 14.4. The minimum atomic E-state index is 0.718. The molecule has 23 heavy (non-hydrogen) atoms. The van der Waals surface area contributed by atoms with Gasteiger partial charge in [-0.2, -0.15) is 0 Å². The molecule has 0 spiro atoms. The van der Waals surface area contributed by atoms with E-state index < -0.39 is 0 Å². The largest absolute Gasteiger partial charge is 0.0843 e. The highest BCUT2D eigenvalue weighted by Crippen LogP contribution is 2.28. The van der Waals surface area contributed by atoms with E-state index in [1.54, 1.807) is 0 Å². The van der Waals surface area contributed by atoms with Gasteiger partial charge >= 0.3 is 0 Å². The smallest absolute Gasteiger partial charge is 0.0406 e. The Labute approximate surface area is 150 Å². The lowest BCUT2D eigenvalue weighted by molar-refractivity contribution is 1.55. The van der Waals surface area contributed by atoms with Crippen molar-refractivity contribution in [1.82, 2.24) is 0 Å². The predicted molar refractivity (Wildman–Crippen MR) is 101 cm³/mol. The third kappa shape index (κ3) is 4.17. The number of benzene rings is 3. The van der Waals surface area contributed by atoms with Crippen LogP contribution in [0, 0.1) is 0 Å². The summed E-state index contributed by atoms with van der Waals surface area (Å²) in [6.07, 6.45) is 2.13. The molecule has 0 aromatic heterocycles. The Hall–Kier alpha value is -1.73. The van der Waals surface area contributed by atoms with E-state index in [9.17, 15) is 0 Å². The van der Waals surface area contributed by atoms with E-state index in [0.717, 1.165) is 37.3 Å². The van der Waals surface area contributed by atoms with E-state index in [0.29, 0.717) is 0 Å². The van der Waals surface area contributed by atoms with Gasteiger partial charge in [0.2, 0.25) is 0 Å². The molecule has 0 saturated carbocycles. The van der Waals surface area contributed by atoms with Crippen LogP contribution in [0.2, 0.25) is 15.1 Å². The first kappa shape index (κ1) is 16.1. The molecule has 114 valence electrons. The topological polar surface area (TPSA) is 0 Å². The monoisotopic (exact) mass is 358 g/mol. The van der Waals surface area contributed by atoms with Crippen LogP contribution in [0.25, 0.3) is 11.6 Å². The molecule has 3 aromatic carbocycles. The first-order valence-corrected chi connectivity index (χ1v) is 8.24. The van der Waals surface area contributed by atoms with Crippen LogP contribution in [0.4, 0.5) is 0 Å². The molecule has 0 heterocycles. The summed E-state index contributed by atoms with van der Waals surface area (Å²) < 4.78 is 0. The lowest BCUT2D eigenvalue weighted by atomic mass is 9.96. The highest BCUT2D eigenvalue weighted by atomic mass is 35.5. The number of halogens is 3. The summed E-state index contributed by atoms with van der Waals surface area (Å²) in [7, 11) is 0. The van der Waals surface area contributed by atoms with Crippen molar-refractivity contribution >= 4 is 46.5 Å². The molecule has 0 bridgehead atoms. The molecule has 0 atom stereocenters. The number of hydrogen-bond donors (Lipinski definition) is 0. The van der Waals surface area contributed by atoms with Crippen LogP contribution in [0.15, 0.2) is 72.8 Å². The van der Waals surface area contributed by atoms with Crippen molar-refractivity contribution in [2.45, 2.75) is 0 Å². The molecule has 0 nitrogen and oxygen atoms in total. The summed E-state index contributed by atoms with van der Waals surface area (Å²) in [5, 5.41) is 2.16. The van der Waals surface area contributed by atoms with Gasteiger partial charge in [0.05, 0.1) is 0 Å². The van der Waals surface area contributed by atoms with Crippen LogP contribution in [-0.4, -0.2) is 0 Å². The molecular formula is C20H13Cl3. The van der Waals surface area contributed by atoms with Crippen LogP contribution >= 0.6 is 34.8 Å². The maximum absolute atomic E-state index is 6.01. The van der Waals surface area contributed by atoms with Crippen molar-refractivity contribution in [1.29, 1.82) is 0 Å². The van der Waals surface area contributed by atoms with Gasteiger partial charge in [-0.05, 0) is 64.7 Å². The lowest BCUT2D eigenvalue weighted by Crippen LogP contribution is -1.88. The lowest BCUT2D eigenvalue weighted by Gasteiger charge is -2.10. The van der Waals surface area contributed by atoms with Crippen molar-refractivity contribution in [3.63, 3.8) is 0 Å². The third-order valence-electron chi connectivity index (χ3n) is 3.49. The molecule has 3 rings (SSSR count). The molecule has 0 saturated heterocycles. The SMILES string of the molecule is Clc1ccc(C=C(c2ccc(Cl)cc2)c2ccc(Cl)cc2)cc1. The normalized spacial score (nSPS) is 10.4. The minimum absolute atomic E-state index is 0.718. The van der Waals surface area contributed by atoms with Crippen LogP contribution in [0.5, 0.6) is 0 Å². The Bertz CT molecular complexity index is 767.